The highest BCUT2D eigenvalue weighted by Gasteiger charge is 2.27. The van der Waals surface area contributed by atoms with E-state index in [9.17, 15) is 19.5 Å². The van der Waals surface area contributed by atoms with Crippen molar-refractivity contribution in [2.75, 3.05) is 11.9 Å². The van der Waals surface area contributed by atoms with Gasteiger partial charge in [-0.2, -0.15) is 0 Å². The summed E-state index contributed by atoms with van der Waals surface area (Å²) in [6, 6.07) is 16.4. The van der Waals surface area contributed by atoms with E-state index >= 15 is 0 Å². The van der Waals surface area contributed by atoms with Gasteiger partial charge in [-0.05, 0) is 40.8 Å². The number of aliphatic hydroxyl groups excluding tert-OH is 1. The summed E-state index contributed by atoms with van der Waals surface area (Å²) < 4.78 is 1.54. The fourth-order valence-corrected chi connectivity index (χ4v) is 4.05. The zero-order valence-corrected chi connectivity index (χ0v) is 17.9. The average molecular weight is 431 g/mol. The van der Waals surface area contributed by atoms with E-state index in [0.29, 0.717) is 42.9 Å². The number of hydrogen-bond acceptors (Lipinski definition) is 4. The number of hydrogen-bond donors (Lipinski definition) is 2. The van der Waals surface area contributed by atoms with Crippen molar-refractivity contribution in [2.24, 2.45) is 0 Å². The Bertz CT molecular complexity index is 1220. The van der Waals surface area contributed by atoms with Crippen molar-refractivity contribution >= 4 is 17.5 Å². The second kappa shape index (κ2) is 9.20. The average Bonchev–Trinajstić information content (AvgIpc) is 2.80. The van der Waals surface area contributed by atoms with Crippen LogP contribution < -0.4 is 10.9 Å². The summed E-state index contributed by atoms with van der Waals surface area (Å²) in [5, 5.41) is 12.2. The molecule has 0 radical (unpaired) electrons. The van der Waals surface area contributed by atoms with E-state index in [0.717, 1.165) is 11.1 Å². The van der Waals surface area contributed by atoms with Crippen molar-refractivity contribution in [3.8, 4) is 0 Å². The molecule has 4 rings (SSSR count). The molecule has 3 aromatic rings. The molecule has 0 bridgehead atoms. The molecule has 0 spiro atoms. The van der Waals surface area contributed by atoms with E-state index in [1.807, 2.05) is 30.3 Å². The van der Waals surface area contributed by atoms with Gasteiger partial charge >= 0.3 is 0 Å². The number of carbonyl (C=O) groups excluding carboxylic acids is 2. The van der Waals surface area contributed by atoms with Gasteiger partial charge in [-0.15, -0.1) is 0 Å². The molecule has 0 aliphatic carbocycles. The van der Waals surface area contributed by atoms with Crippen molar-refractivity contribution in [3.05, 3.63) is 99.0 Å². The van der Waals surface area contributed by atoms with Crippen LogP contribution in [0.5, 0.6) is 0 Å². The smallest absolute Gasteiger partial charge is 0.264 e. The van der Waals surface area contributed by atoms with Gasteiger partial charge in [-0.1, -0.05) is 42.5 Å². The Morgan fingerprint density at radius 2 is 1.81 bits per heavy atom. The Balaban J connectivity index is 1.76. The summed E-state index contributed by atoms with van der Waals surface area (Å²) in [5.74, 6) is -0.525. The zero-order chi connectivity index (χ0) is 22.7. The van der Waals surface area contributed by atoms with Crippen LogP contribution in [0, 0.1) is 0 Å². The topological polar surface area (TPSA) is 91.6 Å². The lowest BCUT2D eigenvalue weighted by Gasteiger charge is -2.29. The lowest BCUT2D eigenvalue weighted by Crippen LogP contribution is -2.39. The number of amides is 2. The Morgan fingerprint density at radius 1 is 1.06 bits per heavy atom. The highest BCUT2D eigenvalue weighted by Crippen LogP contribution is 2.22. The number of aromatic nitrogens is 1. The fraction of sp³-hybridized carbons (Fsp3) is 0.240. The second-order valence-corrected chi connectivity index (χ2v) is 7.93. The minimum Gasteiger partial charge on any atom is -0.392 e. The molecule has 0 saturated heterocycles. The van der Waals surface area contributed by atoms with Crippen LogP contribution in [0.2, 0.25) is 0 Å². The van der Waals surface area contributed by atoms with Gasteiger partial charge in [0.1, 0.15) is 5.56 Å². The Labute approximate surface area is 185 Å². The zero-order valence-electron chi connectivity index (χ0n) is 17.9. The quantitative estimate of drug-likeness (QED) is 0.650. The molecule has 7 nitrogen and oxygen atoms in total. The number of fused-ring (bicyclic) bond motifs is 1. The van der Waals surface area contributed by atoms with Gasteiger partial charge < -0.3 is 19.9 Å². The van der Waals surface area contributed by atoms with E-state index in [4.69, 9.17) is 0 Å². The van der Waals surface area contributed by atoms with Crippen LogP contribution in [0.25, 0.3) is 0 Å². The molecule has 2 heterocycles. The number of carbonyl (C=O) groups is 2. The summed E-state index contributed by atoms with van der Waals surface area (Å²) >= 11 is 0. The molecule has 0 fully saturated rings. The fourth-order valence-electron chi connectivity index (χ4n) is 4.05. The van der Waals surface area contributed by atoms with Gasteiger partial charge in [0, 0.05) is 31.9 Å². The first kappa shape index (κ1) is 21.5. The summed E-state index contributed by atoms with van der Waals surface area (Å²) in [6.45, 7) is 2.53. The van der Waals surface area contributed by atoms with Crippen molar-refractivity contribution in [2.45, 2.75) is 33.0 Å². The third kappa shape index (κ3) is 4.48. The molecular formula is C25H25N3O4. The lowest BCUT2D eigenvalue weighted by molar-refractivity contribution is -0.129. The molecule has 164 valence electrons. The Kier molecular flexibility index (Phi) is 6.18. The predicted molar refractivity (Wildman–Crippen MR) is 121 cm³/mol. The van der Waals surface area contributed by atoms with E-state index in [1.54, 1.807) is 35.4 Å². The van der Waals surface area contributed by atoms with E-state index in [2.05, 4.69) is 5.32 Å². The molecule has 0 unspecified atom stereocenters. The minimum atomic E-state index is -0.486. The van der Waals surface area contributed by atoms with Crippen LogP contribution in [-0.4, -0.2) is 32.9 Å². The van der Waals surface area contributed by atoms with E-state index in [1.165, 1.54) is 11.5 Å². The van der Waals surface area contributed by atoms with Gasteiger partial charge in [-0.3, -0.25) is 14.4 Å². The monoisotopic (exact) mass is 431 g/mol. The maximum Gasteiger partial charge on any atom is 0.264 e. The first-order valence-electron chi connectivity index (χ1n) is 10.5. The maximum atomic E-state index is 13.4. The highest BCUT2D eigenvalue weighted by molar-refractivity contribution is 6.05. The minimum absolute atomic E-state index is 0.0386. The van der Waals surface area contributed by atoms with Gasteiger partial charge in [-0.25, -0.2) is 0 Å². The van der Waals surface area contributed by atoms with Gasteiger partial charge in [0.05, 0.1) is 13.2 Å². The summed E-state index contributed by atoms with van der Waals surface area (Å²) in [4.78, 5) is 40.3. The van der Waals surface area contributed by atoms with Gasteiger partial charge in [0.15, 0.2) is 0 Å². The molecule has 7 heteroatoms. The number of nitrogens with one attached hydrogen (secondary N) is 1. The molecule has 1 aliphatic heterocycles. The van der Waals surface area contributed by atoms with Crippen molar-refractivity contribution in [3.63, 3.8) is 0 Å². The predicted octanol–water partition coefficient (Wildman–Crippen LogP) is 2.55. The van der Waals surface area contributed by atoms with Crippen LogP contribution in [0.15, 0.2) is 65.6 Å². The van der Waals surface area contributed by atoms with E-state index < -0.39 is 5.91 Å². The third-order valence-corrected chi connectivity index (χ3v) is 5.70. The first-order chi connectivity index (χ1) is 15.5. The molecule has 1 aliphatic rings. The normalized spacial score (nSPS) is 12.9. The summed E-state index contributed by atoms with van der Waals surface area (Å²) in [6.07, 6.45) is 2.21. The number of pyridine rings is 1. The lowest BCUT2D eigenvalue weighted by atomic mass is 9.95. The molecule has 32 heavy (non-hydrogen) atoms. The Hall–Kier alpha value is -3.71. The maximum absolute atomic E-state index is 13.4. The molecule has 0 saturated carbocycles. The number of aliphatic hydroxyl groups is 1. The van der Waals surface area contributed by atoms with Gasteiger partial charge in [0.25, 0.3) is 11.5 Å². The molecule has 2 N–H and O–H groups in total. The van der Waals surface area contributed by atoms with Crippen LogP contribution in [0.4, 0.5) is 5.69 Å². The number of benzene rings is 2. The van der Waals surface area contributed by atoms with Crippen molar-refractivity contribution in [1.29, 1.82) is 0 Å². The van der Waals surface area contributed by atoms with Crippen molar-refractivity contribution < 1.29 is 14.7 Å². The number of nitrogens with zero attached hydrogens (tertiary/aromatic N) is 2. The number of anilines is 1. The van der Waals surface area contributed by atoms with Gasteiger partial charge in [0.2, 0.25) is 5.91 Å². The van der Waals surface area contributed by atoms with Crippen LogP contribution in [-0.2, 0) is 30.9 Å². The SMILES string of the molecule is CC(=O)N1CCc2c(cn(Cc3ccccc3)c(=O)c2C(=O)Nc2cccc(CO)c2)C1. The standard InChI is InChI=1S/C25H25N3O4/c1-17(30)27-11-10-22-20(14-27)15-28(13-18-6-3-2-4-7-18)25(32)23(22)24(31)26-21-9-5-8-19(12-21)16-29/h2-9,12,15,29H,10-11,13-14,16H2,1H3,(H,26,31). The summed E-state index contributed by atoms with van der Waals surface area (Å²) in [5.41, 5.74) is 3.35. The number of rotatable bonds is 5. The molecular weight excluding hydrogens is 406 g/mol. The molecule has 2 aromatic carbocycles. The highest BCUT2D eigenvalue weighted by atomic mass is 16.3. The van der Waals surface area contributed by atoms with Crippen LogP contribution in [0.3, 0.4) is 0 Å². The molecule has 0 atom stereocenters. The Morgan fingerprint density at radius 3 is 2.53 bits per heavy atom. The first-order valence-corrected chi connectivity index (χ1v) is 10.5. The van der Waals surface area contributed by atoms with Crippen LogP contribution in [0.1, 0.15) is 39.5 Å². The van der Waals surface area contributed by atoms with Crippen molar-refractivity contribution in [1.82, 2.24) is 9.47 Å². The summed E-state index contributed by atoms with van der Waals surface area (Å²) in [7, 11) is 0. The molecule has 1 aromatic heterocycles. The van der Waals surface area contributed by atoms with Crippen LogP contribution >= 0.6 is 0 Å². The largest absolute Gasteiger partial charge is 0.392 e. The third-order valence-electron chi connectivity index (χ3n) is 5.70. The van der Waals surface area contributed by atoms with E-state index in [-0.39, 0.29) is 23.6 Å². The molecule has 2 amide bonds. The second-order valence-electron chi connectivity index (χ2n) is 7.93.